The number of aromatic amines is 1. The number of amides is 10. The van der Waals surface area contributed by atoms with E-state index in [9.17, 15) is 53.1 Å². The SMILES string of the molecule is C[C@H](NC(=O)/C(=C/CCNC(=N)N)NC(=O)[C@H](CCCCN)NC(=O)[C@H](Cc1cnc[nH]1)NC(=O)[C@@H]1CCCN1C(=O)/C(CCCN)=N/C(=O)CNC(=O)[C@H](C)NC(=O)[C@@H](NC(=O)[C@@H](N)CCCCN)[C@@H](O)CN)C(N)=O. The van der Waals surface area contributed by atoms with E-state index in [1.165, 1.54) is 37.3 Å². The molecule has 0 spiro atoms. The number of aliphatic hydroxyl groups is 1. The minimum atomic E-state index is -1.58. The molecule has 1 aromatic rings. The fourth-order valence-electron chi connectivity index (χ4n) is 7.49. The van der Waals surface area contributed by atoms with Gasteiger partial charge in [0.1, 0.15) is 47.7 Å². The average molecular weight is 1090 g/mol. The first-order valence-electron chi connectivity index (χ1n) is 25.4. The molecular weight excluding hydrogens is 1010 g/mol. The molecule has 1 aliphatic rings. The van der Waals surface area contributed by atoms with Gasteiger partial charge in [-0.05, 0) is 97.7 Å². The topological polar surface area (TPSA) is 537 Å². The van der Waals surface area contributed by atoms with E-state index in [1.54, 1.807) is 0 Å². The van der Waals surface area contributed by atoms with Crippen molar-refractivity contribution in [2.24, 2.45) is 45.1 Å². The Bertz CT molecular complexity index is 2230. The van der Waals surface area contributed by atoms with Crippen LogP contribution in [0.1, 0.15) is 90.2 Å². The summed E-state index contributed by atoms with van der Waals surface area (Å²) in [6, 6.07) is -8.91. The fraction of sp³-hybridized carbons (Fsp3) is 0.630. The Hall–Kier alpha value is -7.45. The number of hydrogen-bond acceptors (Lipinski definition) is 18. The zero-order chi connectivity index (χ0) is 57.6. The molecule has 8 atom stereocenters. The van der Waals surface area contributed by atoms with E-state index in [0.29, 0.717) is 44.3 Å². The molecule has 0 aromatic carbocycles. The Balaban J connectivity index is 2.30. The fourth-order valence-corrected chi connectivity index (χ4v) is 7.49. The molecule has 31 nitrogen and oxygen atoms in total. The van der Waals surface area contributed by atoms with Gasteiger partial charge in [0.2, 0.25) is 41.4 Å². The van der Waals surface area contributed by atoms with E-state index in [-0.39, 0.29) is 88.5 Å². The molecule has 1 aliphatic heterocycles. The number of hydrogen-bond donors (Lipinski definition) is 18. The minimum absolute atomic E-state index is 0.0278. The number of aromatic nitrogens is 2. The molecule has 430 valence electrons. The van der Waals surface area contributed by atoms with Gasteiger partial charge in [0.25, 0.3) is 17.7 Å². The van der Waals surface area contributed by atoms with Gasteiger partial charge in [0.15, 0.2) is 5.96 Å². The molecule has 0 unspecified atom stereocenters. The average Bonchev–Trinajstić information content (AvgIpc) is 4.11. The largest absolute Gasteiger partial charge is 0.389 e. The number of likely N-dealkylation sites (tertiary alicyclic amines) is 1. The summed E-state index contributed by atoms with van der Waals surface area (Å²) < 4.78 is 0. The number of aliphatic imine (C=N–C) groups is 1. The lowest BCUT2D eigenvalue weighted by Crippen LogP contribution is -2.60. The van der Waals surface area contributed by atoms with E-state index in [0.717, 1.165) is 0 Å². The highest BCUT2D eigenvalue weighted by atomic mass is 16.3. The number of H-pyrrole nitrogens is 1. The van der Waals surface area contributed by atoms with Crippen molar-refractivity contribution < 1.29 is 53.1 Å². The number of carbonyl (C=O) groups excluding carboxylic acids is 10. The molecule has 1 aromatic heterocycles. The van der Waals surface area contributed by atoms with Gasteiger partial charge in [0, 0.05) is 37.9 Å². The lowest BCUT2D eigenvalue weighted by molar-refractivity contribution is -0.136. The quantitative estimate of drug-likeness (QED) is 0.0130. The summed E-state index contributed by atoms with van der Waals surface area (Å²) in [5, 5.41) is 37.6. The summed E-state index contributed by atoms with van der Waals surface area (Å²) >= 11 is 0. The smallest absolute Gasteiger partial charge is 0.269 e. The molecule has 1 saturated heterocycles. The number of imidazole rings is 1. The highest BCUT2D eigenvalue weighted by Gasteiger charge is 2.39. The maximum absolute atomic E-state index is 14.2. The van der Waals surface area contributed by atoms with Crippen LogP contribution in [0, 0.1) is 5.41 Å². The van der Waals surface area contributed by atoms with E-state index in [4.69, 9.17) is 45.5 Å². The number of guanidine groups is 1. The number of nitrogens with one attached hydrogen (secondary N) is 10. The Morgan fingerprint density at radius 3 is 2.10 bits per heavy atom. The van der Waals surface area contributed by atoms with Gasteiger partial charge in [-0.1, -0.05) is 12.5 Å². The van der Waals surface area contributed by atoms with Gasteiger partial charge in [-0.15, -0.1) is 0 Å². The molecule has 25 N–H and O–H groups in total. The predicted molar refractivity (Wildman–Crippen MR) is 281 cm³/mol. The molecule has 0 aliphatic carbocycles. The highest BCUT2D eigenvalue weighted by molar-refractivity contribution is 6.40. The number of nitrogens with two attached hydrogens (primary N) is 7. The van der Waals surface area contributed by atoms with Crippen molar-refractivity contribution in [3.63, 3.8) is 0 Å². The second kappa shape index (κ2) is 35.0. The first-order valence-corrected chi connectivity index (χ1v) is 25.4. The predicted octanol–water partition coefficient (Wildman–Crippen LogP) is -7.51. The number of unbranched alkanes of at least 4 members (excludes halogenated alkanes) is 2. The molecular formula is C46H80N20O11. The van der Waals surface area contributed by atoms with Gasteiger partial charge < -0.3 is 97.7 Å². The third-order valence-corrected chi connectivity index (χ3v) is 11.9. The maximum Gasteiger partial charge on any atom is 0.269 e. The molecule has 31 heteroatoms. The van der Waals surface area contributed by atoms with Gasteiger partial charge in [-0.3, -0.25) is 53.4 Å². The third kappa shape index (κ3) is 23.5. The van der Waals surface area contributed by atoms with Crippen LogP contribution >= 0.6 is 0 Å². The van der Waals surface area contributed by atoms with Crippen molar-refractivity contribution in [3.8, 4) is 0 Å². The summed E-state index contributed by atoms with van der Waals surface area (Å²) in [6.45, 7) is 2.33. The van der Waals surface area contributed by atoms with Crippen LogP contribution in [0.15, 0.2) is 29.3 Å². The second-order valence-electron chi connectivity index (χ2n) is 18.2. The van der Waals surface area contributed by atoms with Gasteiger partial charge in [-0.25, -0.2) is 9.98 Å². The van der Waals surface area contributed by atoms with Crippen LogP contribution in [-0.2, 0) is 54.4 Å². The zero-order valence-electron chi connectivity index (χ0n) is 43.7. The molecule has 2 heterocycles. The molecule has 1 fully saturated rings. The van der Waals surface area contributed by atoms with Crippen LogP contribution in [0.2, 0.25) is 0 Å². The maximum atomic E-state index is 14.2. The monoisotopic (exact) mass is 1090 g/mol. The summed E-state index contributed by atoms with van der Waals surface area (Å²) in [5.74, 6) is -8.84. The van der Waals surface area contributed by atoms with Crippen LogP contribution < -0.4 is 82.7 Å². The van der Waals surface area contributed by atoms with E-state index < -0.39 is 121 Å². The molecule has 77 heavy (non-hydrogen) atoms. The molecule has 2 rings (SSSR count). The van der Waals surface area contributed by atoms with E-state index in [1.807, 2.05) is 0 Å². The van der Waals surface area contributed by atoms with Crippen molar-refractivity contribution in [1.82, 2.24) is 57.4 Å². The Morgan fingerprint density at radius 2 is 1.49 bits per heavy atom. The zero-order valence-corrected chi connectivity index (χ0v) is 43.7. The van der Waals surface area contributed by atoms with Gasteiger partial charge in [0.05, 0.1) is 25.0 Å². The Labute approximate surface area is 445 Å². The van der Waals surface area contributed by atoms with Gasteiger partial charge in [-0.2, -0.15) is 0 Å². The van der Waals surface area contributed by atoms with E-state index in [2.05, 4.69) is 57.5 Å². The van der Waals surface area contributed by atoms with Crippen LogP contribution in [-0.4, -0.2) is 185 Å². The summed E-state index contributed by atoms with van der Waals surface area (Å²) in [6.07, 6.45) is 5.26. The van der Waals surface area contributed by atoms with Crippen LogP contribution in [0.4, 0.5) is 0 Å². The second-order valence-corrected chi connectivity index (χ2v) is 18.2. The normalized spacial score (nSPS) is 16.3. The van der Waals surface area contributed by atoms with Crippen LogP contribution in [0.25, 0.3) is 0 Å². The van der Waals surface area contributed by atoms with Crippen LogP contribution in [0.3, 0.4) is 0 Å². The first-order chi connectivity index (χ1) is 36.6. The highest BCUT2D eigenvalue weighted by Crippen LogP contribution is 2.20. The molecule has 10 amide bonds. The molecule has 0 radical (unpaired) electrons. The summed E-state index contributed by atoms with van der Waals surface area (Å²) in [7, 11) is 0. The standard InChI is InChI=1S/C46H80N20O11/c1-25(37(52)69)59-40(72)30(13-8-18-56-46(53)54)62-41(73)29(11-4-6-16-48)63-42(74)32(20-27-22-55-24-58-27)64-43(75)33-14-9-19-66(33)45(77)31(12-7-17-49)61-35(68)23-57-38(70)26(2)60-44(76)36(34(67)21-50)65-39(71)28(51)10-3-5-15-47/h13,22,24-26,28-29,32-34,36,67H,3-12,14-21,23,47-51H2,1-2H3,(H2,52,69)(H,55,58)(H,57,70)(H,59,72)(H,60,76)(H,62,73)(H,63,74)(H,64,75)(H,65,71)(H4,53,54,56)/b30-13-,61-31+/t25-,26-,28-,29-,32-,33-,34-,36-/m0/s1. The number of carbonyl (C=O) groups is 10. The van der Waals surface area contributed by atoms with Crippen molar-refractivity contribution in [3.05, 3.63) is 30.0 Å². The summed E-state index contributed by atoms with van der Waals surface area (Å²) in [5.41, 5.74) is 39.0. The Morgan fingerprint density at radius 1 is 0.818 bits per heavy atom. The number of nitrogens with zero attached hydrogens (tertiary/aromatic N) is 3. The number of aliphatic hydroxyl groups excluding tert-OH is 1. The van der Waals surface area contributed by atoms with Crippen molar-refractivity contribution >= 4 is 70.7 Å². The first kappa shape index (κ1) is 65.7. The van der Waals surface area contributed by atoms with Crippen molar-refractivity contribution in [1.29, 1.82) is 5.41 Å². The summed E-state index contributed by atoms with van der Waals surface area (Å²) in [4.78, 5) is 146. The molecule has 0 bridgehead atoms. The number of primary amides is 1. The third-order valence-electron chi connectivity index (χ3n) is 11.9. The van der Waals surface area contributed by atoms with Crippen LogP contribution in [0.5, 0.6) is 0 Å². The van der Waals surface area contributed by atoms with E-state index >= 15 is 0 Å². The lowest BCUT2D eigenvalue weighted by atomic mass is 10.1. The number of rotatable bonds is 35. The van der Waals surface area contributed by atoms with Gasteiger partial charge >= 0.3 is 0 Å². The van der Waals surface area contributed by atoms with Crippen molar-refractivity contribution in [2.75, 3.05) is 45.8 Å². The Kier molecular flexibility index (Phi) is 29.8. The van der Waals surface area contributed by atoms with Crippen molar-refractivity contribution in [2.45, 2.75) is 139 Å². The lowest BCUT2D eigenvalue weighted by Gasteiger charge is -2.28. The molecule has 0 saturated carbocycles. The minimum Gasteiger partial charge on any atom is -0.389 e.